The van der Waals surface area contributed by atoms with E-state index in [4.69, 9.17) is 20.4 Å². The minimum Gasteiger partial charge on any atom is -0.508 e. The molecule has 1 aromatic rings. The number of hydrogen-bond donors (Lipinski definition) is 3. The number of aromatic hydroxyl groups is 1. The number of phenols is 1. The van der Waals surface area contributed by atoms with Gasteiger partial charge in [-0.15, -0.1) is 0 Å². The molecule has 0 radical (unpaired) electrons. The van der Waals surface area contributed by atoms with E-state index < -0.39 is 0 Å². The zero-order valence-corrected chi connectivity index (χ0v) is 11.7. The molecule has 0 spiro atoms. The SMILES string of the molecule is CC(C)c1cccc(O)c1C(C)C.N=C=O.N=C=O. The van der Waals surface area contributed by atoms with Crippen molar-refractivity contribution in [1.82, 2.24) is 0 Å². The van der Waals surface area contributed by atoms with E-state index in [9.17, 15) is 5.11 Å². The van der Waals surface area contributed by atoms with Gasteiger partial charge in [-0.1, -0.05) is 39.8 Å². The molecule has 0 heterocycles. The number of isocyanates is 2. The molecule has 0 atom stereocenters. The lowest BCUT2D eigenvalue weighted by Gasteiger charge is -2.16. The van der Waals surface area contributed by atoms with E-state index in [1.165, 1.54) is 5.56 Å². The molecule has 0 aromatic heterocycles. The number of hydrogen-bond acceptors (Lipinski definition) is 5. The number of carbonyl (C=O) groups excluding carboxylic acids is 2. The molecule has 0 aliphatic rings. The first-order valence-corrected chi connectivity index (χ1v) is 5.76. The van der Waals surface area contributed by atoms with Gasteiger partial charge in [0.2, 0.25) is 12.2 Å². The first kappa shape index (κ1) is 19.1. The Bertz CT molecular complexity index is 430. The molecule has 0 saturated carbocycles. The van der Waals surface area contributed by atoms with Crippen LogP contribution in [0.2, 0.25) is 0 Å². The zero-order chi connectivity index (χ0) is 15.4. The van der Waals surface area contributed by atoms with Crippen LogP contribution >= 0.6 is 0 Å². The summed E-state index contributed by atoms with van der Waals surface area (Å²) in [6, 6.07) is 5.78. The van der Waals surface area contributed by atoms with Gasteiger partial charge in [0, 0.05) is 0 Å². The third kappa shape index (κ3) is 7.66. The van der Waals surface area contributed by atoms with Crippen LogP contribution in [-0.2, 0) is 9.59 Å². The Morgan fingerprint density at radius 1 is 1.00 bits per heavy atom. The summed E-state index contributed by atoms with van der Waals surface area (Å²) in [5.41, 5.74) is 2.35. The number of benzene rings is 1. The Hall–Kier alpha value is -2.22. The lowest BCUT2D eigenvalue weighted by Crippen LogP contribution is -1.98. The number of phenolic OH excluding ortho intramolecular Hbond substituents is 1. The highest BCUT2D eigenvalue weighted by molar-refractivity contribution is 5.42. The van der Waals surface area contributed by atoms with Crippen molar-refractivity contribution in [3.8, 4) is 5.75 Å². The summed E-state index contributed by atoms with van der Waals surface area (Å²) >= 11 is 0. The highest BCUT2D eigenvalue weighted by atomic mass is 16.3. The highest BCUT2D eigenvalue weighted by Crippen LogP contribution is 2.32. The van der Waals surface area contributed by atoms with Crippen LogP contribution in [0, 0.1) is 10.8 Å². The van der Waals surface area contributed by atoms with E-state index in [2.05, 4.69) is 33.8 Å². The summed E-state index contributed by atoms with van der Waals surface area (Å²) in [6.07, 6.45) is 1.50. The maximum atomic E-state index is 9.71. The summed E-state index contributed by atoms with van der Waals surface area (Å²) in [5, 5.41) is 20.5. The zero-order valence-electron chi connectivity index (χ0n) is 11.7. The van der Waals surface area contributed by atoms with Crippen LogP contribution in [0.1, 0.15) is 50.7 Å². The molecule has 0 aliphatic carbocycles. The van der Waals surface area contributed by atoms with Crippen molar-refractivity contribution >= 4 is 12.2 Å². The molecule has 0 aliphatic heterocycles. The second kappa shape index (κ2) is 10.9. The molecule has 0 fully saturated rings. The average Bonchev–Trinajstić information content (AvgIpc) is 2.30. The molecule has 5 nitrogen and oxygen atoms in total. The van der Waals surface area contributed by atoms with Gasteiger partial charge < -0.3 is 5.11 Å². The summed E-state index contributed by atoms with van der Waals surface area (Å²) < 4.78 is 0. The first-order valence-electron chi connectivity index (χ1n) is 5.76. The first-order chi connectivity index (χ1) is 8.87. The minimum atomic E-state index is 0.388. The van der Waals surface area contributed by atoms with Gasteiger partial charge >= 0.3 is 0 Å². The Morgan fingerprint density at radius 3 is 1.68 bits per heavy atom. The third-order valence-electron chi connectivity index (χ3n) is 2.32. The van der Waals surface area contributed by atoms with E-state index in [1.807, 2.05) is 6.07 Å². The van der Waals surface area contributed by atoms with Crippen molar-refractivity contribution in [3.63, 3.8) is 0 Å². The fourth-order valence-corrected chi connectivity index (χ4v) is 1.70. The number of rotatable bonds is 2. The van der Waals surface area contributed by atoms with Gasteiger partial charge in [-0.3, -0.25) is 0 Å². The Balaban J connectivity index is 0. The van der Waals surface area contributed by atoms with Crippen LogP contribution in [0.3, 0.4) is 0 Å². The van der Waals surface area contributed by atoms with E-state index in [0.29, 0.717) is 17.6 Å². The lowest BCUT2D eigenvalue weighted by molar-refractivity contribution is 0.462. The van der Waals surface area contributed by atoms with E-state index in [1.54, 1.807) is 6.07 Å². The topological polar surface area (TPSA) is 102 Å². The molecule has 104 valence electrons. The van der Waals surface area contributed by atoms with Crippen molar-refractivity contribution < 1.29 is 14.7 Å². The van der Waals surface area contributed by atoms with Gasteiger partial charge in [0.25, 0.3) is 0 Å². The second-order valence-electron chi connectivity index (χ2n) is 4.29. The molecule has 19 heavy (non-hydrogen) atoms. The highest BCUT2D eigenvalue weighted by Gasteiger charge is 2.13. The van der Waals surface area contributed by atoms with Gasteiger partial charge in [0.1, 0.15) is 5.75 Å². The lowest BCUT2D eigenvalue weighted by atomic mass is 9.90. The fourth-order valence-electron chi connectivity index (χ4n) is 1.70. The quantitative estimate of drug-likeness (QED) is 0.563. The van der Waals surface area contributed by atoms with Crippen LogP contribution in [-0.4, -0.2) is 17.3 Å². The van der Waals surface area contributed by atoms with Crippen molar-refractivity contribution in [2.45, 2.75) is 39.5 Å². The van der Waals surface area contributed by atoms with Gasteiger partial charge in [-0.25, -0.2) is 20.4 Å². The summed E-state index contributed by atoms with van der Waals surface area (Å²) in [7, 11) is 0. The summed E-state index contributed by atoms with van der Waals surface area (Å²) in [6.45, 7) is 8.53. The molecule has 0 saturated heterocycles. The Kier molecular flexibility index (Phi) is 11.0. The van der Waals surface area contributed by atoms with Crippen LogP contribution in [0.4, 0.5) is 0 Å². The Labute approximate surface area is 113 Å². The van der Waals surface area contributed by atoms with Crippen molar-refractivity contribution in [2.24, 2.45) is 0 Å². The molecule has 0 amide bonds. The standard InChI is InChI=1S/C12H18O.2CHNO/c1-8(2)10-6-5-7-11(13)12(10)9(3)4;2*2-1-3/h5-9,13H,1-4H3;2*2H. The smallest absolute Gasteiger partial charge is 0.231 e. The average molecular weight is 264 g/mol. The predicted molar refractivity (Wildman–Crippen MR) is 73.1 cm³/mol. The van der Waals surface area contributed by atoms with Gasteiger partial charge in [-0.2, -0.15) is 0 Å². The molecular formula is C14H20N2O3. The molecule has 0 unspecified atom stereocenters. The van der Waals surface area contributed by atoms with Crippen molar-refractivity contribution in [3.05, 3.63) is 29.3 Å². The largest absolute Gasteiger partial charge is 0.508 e. The molecule has 5 heteroatoms. The third-order valence-corrected chi connectivity index (χ3v) is 2.32. The molecule has 0 bridgehead atoms. The number of nitrogens with one attached hydrogen (secondary N) is 2. The van der Waals surface area contributed by atoms with Gasteiger partial charge in [0.15, 0.2) is 0 Å². The van der Waals surface area contributed by atoms with Crippen LogP contribution < -0.4 is 0 Å². The van der Waals surface area contributed by atoms with Gasteiger partial charge in [-0.05, 0) is 29.0 Å². The molecule has 1 aromatic carbocycles. The molecular weight excluding hydrogens is 244 g/mol. The van der Waals surface area contributed by atoms with E-state index in [0.717, 1.165) is 17.7 Å². The van der Waals surface area contributed by atoms with Gasteiger partial charge in [0.05, 0.1) is 0 Å². The minimum absolute atomic E-state index is 0.388. The van der Waals surface area contributed by atoms with E-state index >= 15 is 0 Å². The monoisotopic (exact) mass is 264 g/mol. The maximum absolute atomic E-state index is 9.71. The summed E-state index contributed by atoms with van der Waals surface area (Å²) in [4.78, 5) is 16.7. The molecule has 1 rings (SSSR count). The van der Waals surface area contributed by atoms with Crippen molar-refractivity contribution in [1.29, 1.82) is 10.8 Å². The maximum Gasteiger partial charge on any atom is 0.231 e. The Morgan fingerprint density at radius 2 is 1.42 bits per heavy atom. The van der Waals surface area contributed by atoms with E-state index in [-0.39, 0.29) is 0 Å². The molecule has 3 N–H and O–H groups in total. The summed E-state index contributed by atoms with van der Waals surface area (Å²) in [5.74, 6) is 1.30. The van der Waals surface area contributed by atoms with Crippen molar-refractivity contribution in [2.75, 3.05) is 0 Å². The normalized spacial score (nSPS) is 8.53. The van der Waals surface area contributed by atoms with Crippen LogP contribution in [0.25, 0.3) is 0 Å². The van der Waals surface area contributed by atoms with Crippen LogP contribution in [0.5, 0.6) is 5.75 Å². The van der Waals surface area contributed by atoms with Crippen LogP contribution in [0.15, 0.2) is 18.2 Å². The second-order valence-corrected chi connectivity index (χ2v) is 4.29. The predicted octanol–water partition coefficient (Wildman–Crippen LogP) is 3.44. The fraction of sp³-hybridized carbons (Fsp3) is 0.429.